The van der Waals surface area contributed by atoms with Crippen LogP contribution >= 0.6 is 0 Å². The molecule has 0 spiro atoms. The Labute approximate surface area is 100 Å². The molecule has 3 rings (SSSR count). The first-order chi connectivity index (χ1) is 8.24. The van der Waals surface area contributed by atoms with E-state index in [1.165, 1.54) is 0 Å². The smallest absolute Gasteiger partial charge is 0.220 e. The van der Waals surface area contributed by atoms with Crippen molar-refractivity contribution in [1.29, 1.82) is 0 Å². The monoisotopic (exact) mass is 229 g/mol. The van der Waals surface area contributed by atoms with Crippen molar-refractivity contribution in [2.24, 2.45) is 0 Å². The van der Waals surface area contributed by atoms with Crippen molar-refractivity contribution in [3.63, 3.8) is 0 Å². The second-order valence-corrected chi connectivity index (χ2v) is 4.96. The number of fused-ring (bicyclic) bond motifs is 1. The average molecular weight is 229 g/mol. The van der Waals surface area contributed by atoms with Gasteiger partial charge in [0.1, 0.15) is 0 Å². The lowest BCUT2D eigenvalue weighted by Crippen LogP contribution is -2.26. The van der Waals surface area contributed by atoms with E-state index >= 15 is 0 Å². The van der Waals surface area contributed by atoms with Crippen molar-refractivity contribution in [3.8, 4) is 0 Å². The first-order valence-electron chi connectivity index (χ1n) is 6.15. The minimum atomic E-state index is 0.0810. The van der Waals surface area contributed by atoms with Crippen LogP contribution in [-0.4, -0.2) is 17.7 Å². The van der Waals surface area contributed by atoms with Crippen LogP contribution in [0.5, 0.6) is 0 Å². The van der Waals surface area contributed by atoms with E-state index in [2.05, 4.69) is 5.32 Å². The van der Waals surface area contributed by atoms with Crippen molar-refractivity contribution >= 4 is 11.7 Å². The molecule has 1 aromatic rings. The standard InChI is InChI=1S/C14H15NO2/c16-13-7-9(8-14(17)15-10-5-6-10)11-3-1-2-4-12(11)13/h1-4,9-10H,5-8H2,(H,15,17). The quantitative estimate of drug-likeness (QED) is 0.862. The van der Waals surface area contributed by atoms with Crippen LogP contribution in [0.4, 0.5) is 0 Å². The van der Waals surface area contributed by atoms with Gasteiger partial charge in [0, 0.05) is 30.4 Å². The van der Waals surface area contributed by atoms with Crippen LogP contribution in [-0.2, 0) is 4.79 Å². The average Bonchev–Trinajstić information content (AvgIpc) is 3.06. The van der Waals surface area contributed by atoms with Crippen LogP contribution < -0.4 is 5.32 Å². The summed E-state index contributed by atoms with van der Waals surface area (Å²) in [6, 6.07) is 8.04. The summed E-state index contributed by atoms with van der Waals surface area (Å²) in [6.45, 7) is 0. The number of amides is 1. The number of carbonyl (C=O) groups excluding carboxylic acids is 2. The molecule has 2 aliphatic rings. The zero-order valence-corrected chi connectivity index (χ0v) is 9.61. The third kappa shape index (κ3) is 2.09. The molecule has 1 saturated carbocycles. The Hall–Kier alpha value is -1.64. The number of benzene rings is 1. The van der Waals surface area contributed by atoms with Crippen molar-refractivity contribution in [3.05, 3.63) is 35.4 Å². The molecular weight excluding hydrogens is 214 g/mol. The molecule has 1 amide bonds. The first kappa shape index (κ1) is 10.5. The normalized spacial score (nSPS) is 22.4. The number of Topliss-reactive ketones (excluding diaryl/α,β-unsaturated/α-hetero) is 1. The first-order valence-corrected chi connectivity index (χ1v) is 6.15. The summed E-state index contributed by atoms with van der Waals surface area (Å²) in [7, 11) is 0. The van der Waals surface area contributed by atoms with Crippen molar-refractivity contribution in [2.75, 3.05) is 0 Å². The van der Waals surface area contributed by atoms with E-state index in [0.717, 1.165) is 24.0 Å². The van der Waals surface area contributed by atoms with E-state index in [1.54, 1.807) is 0 Å². The fourth-order valence-electron chi connectivity index (χ4n) is 2.47. The molecule has 0 aromatic heterocycles. The molecule has 1 unspecified atom stereocenters. The molecule has 0 heterocycles. The Morgan fingerprint density at radius 1 is 1.29 bits per heavy atom. The van der Waals surface area contributed by atoms with Crippen LogP contribution in [0.1, 0.15) is 47.5 Å². The maximum absolute atomic E-state index is 11.8. The molecule has 1 aromatic carbocycles. The highest BCUT2D eigenvalue weighted by Crippen LogP contribution is 2.35. The van der Waals surface area contributed by atoms with E-state index in [-0.39, 0.29) is 17.6 Å². The number of hydrogen-bond donors (Lipinski definition) is 1. The van der Waals surface area contributed by atoms with Gasteiger partial charge in [-0.3, -0.25) is 9.59 Å². The van der Waals surface area contributed by atoms with Crippen LogP contribution in [0.15, 0.2) is 24.3 Å². The van der Waals surface area contributed by atoms with Gasteiger partial charge in [0.2, 0.25) is 5.91 Å². The van der Waals surface area contributed by atoms with Gasteiger partial charge >= 0.3 is 0 Å². The Kier molecular flexibility index (Phi) is 2.46. The SMILES string of the molecule is O=C(CC1CC(=O)c2ccccc21)NC1CC1. The Morgan fingerprint density at radius 2 is 2.06 bits per heavy atom. The highest BCUT2D eigenvalue weighted by molar-refractivity contribution is 6.01. The molecule has 0 bridgehead atoms. The van der Waals surface area contributed by atoms with Crippen LogP contribution in [0.3, 0.4) is 0 Å². The fraction of sp³-hybridized carbons (Fsp3) is 0.429. The van der Waals surface area contributed by atoms with E-state index in [1.807, 2.05) is 24.3 Å². The summed E-state index contributed by atoms with van der Waals surface area (Å²) in [5, 5.41) is 2.98. The Balaban J connectivity index is 1.72. The number of nitrogens with one attached hydrogen (secondary N) is 1. The topological polar surface area (TPSA) is 46.2 Å². The molecule has 2 aliphatic carbocycles. The van der Waals surface area contributed by atoms with Gasteiger partial charge in [0.15, 0.2) is 5.78 Å². The van der Waals surface area contributed by atoms with Crippen molar-refractivity contribution < 1.29 is 9.59 Å². The number of carbonyl (C=O) groups is 2. The third-order valence-electron chi connectivity index (χ3n) is 3.51. The van der Waals surface area contributed by atoms with Gasteiger partial charge < -0.3 is 5.32 Å². The van der Waals surface area contributed by atoms with Crippen molar-refractivity contribution in [2.45, 2.75) is 37.6 Å². The minimum Gasteiger partial charge on any atom is -0.353 e. The zero-order chi connectivity index (χ0) is 11.8. The molecule has 1 N–H and O–H groups in total. The number of rotatable bonds is 3. The van der Waals surface area contributed by atoms with Gasteiger partial charge in [-0.25, -0.2) is 0 Å². The highest BCUT2D eigenvalue weighted by Gasteiger charge is 2.31. The minimum absolute atomic E-state index is 0.0810. The summed E-state index contributed by atoms with van der Waals surface area (Å²) < 4.78 is 0. The van der Waals surface area contributed by atoms with Gasteiger partial charge in [-0.05, 0) is 18.4 Å². The third-order valence-corrected chi connectivity index (χ3v) is 3.51. The largest absolute Gasteiger partial charge is 0.353 e. The van der Waals surface area contributed by atoms with E-state index in [0.29, 0.717) is 18.9 Å². The Bertz CT molecular complexity index is 477. The van der Waals surface area contributed by atoms with Crippen molar-refractivity contribution in [1.82, 2.24) is 5.32 Å². The van der Waals surface area contributed by atoms with Gasteiger partial charge in [0.25, 0.3) is 0 Å². The maximum atomic E-state index is 11.8. The number of hydrogen-bond acceptors (Lipinski definition) is 2. The number of ketones is 1. The second kappa shape index (κ2) is 3.99. The predicted octanol–water partition coefficient (Wildman–Crippen LogP) is 2.03. The molecule has 0 aliphatic heterocycles. The van der Waals surface area contributed by atoms with Gasteiger partial charge in [-0.15, -0.1) is 0 Å². The second-order valence-electron chi connectivity index (χ2n) is 4.96. The molecule has 3 nitrogen and oxygen atoms in total. The Morgan fingerprint density at radius 3 is 2.82 bits per heavy atom. The fourth-order valence-corrected chi connectivity index (χ4v) is 2.47. The van der Waals surface area contributed by atoms with E-state index in [9.17, 15) is 9.59 Å². The van der Waals surface area contributed by atoms with Gasteiger partial charge in [-0.2, -0.15) is 0 Å². The molecule has 0 saturated heterocycles. The molecular formula is C14H15NO2. The summed E-state index contributed by atoms with van der Waals surface area (Å²) in [6.07, 6.45) is 3.13. The summed E-state index contributed by atoms with van der Waals surface area (Å²) in [5.74, 6) is 0.337. The predicted molar refractivity (Wildman–Crippen MR) is 63.9 cm³/mol. The summed E-state index contributed by atoms with van der Waals surface area (Å²) >= 11 is 0. The van der Waals surface area contributed by atoms with Crippen LogP contribution in [0.25, 0.3) is 0 Å². The molecule has 1 atom stereocenters. The zero-order valence-electron chi connectivity index (χ0n) is 9.61. The highest BCUT2D eigenvalue weighted by atomic mass is 16.1. The van der Waals surface area contributed by atoms with Gasteiger partial charge in [0.05, 0.1) is 0 Å². The van der Waals surface area contributed by atoms with E-state index in [4.69, 9.17) is 0 Å². The molecule has 0 radical (unpaired) electrons. The lowest BCUT2D eigenvalue weighted by Gasteiger charge is -2.10. The van der Waals surface area contributed by atoms with Gasteiger partial charge in [-0.1, -0.05) is 24.3 Å². The molecule has 17 heavy (non-hydrogen) atoms. The lowest BCUT2D eigenvalue weighted by atomic mass is 9.97. The molecule has 88 valence electrons. The molecule has 3 heteroatoms. The van der Waals surface area contributed by atoms with E-state index < -0.39 is 0 Å². The lowest BCUT2D eigenvalue weighted by molar-refractivity contribution is -0.121. The van der Waals surface area contributed by atoms with Crippen LogP contribution in [0.2, 0.25) is 0 Å². The summed E-state index contributed by atoms with van der Waals surface area (Å²) in [4.78, 5) is 23.5. The maximum Gasteiger partial charge on any atom is 0.220 e. The summed E-state index contributed by atoms with van der Waals surface area (Å²) in [5.41, 5.74) is 1.85. The van der Waals surface area contributed by atoms with Crippen LogP contribution in [0, 0.1) is 0 Å². The molecule has 1 fully saturated rings.